The second-order valence-electron chi connectivity index (χ2n) is 9.68. The lowest BCUT2D eigenvalue weighted by Gasteiger charge is -2.30. The number of carbonyl (C=O) groups is 3. The maximum absolute atomic E-state index is 13.4. The number of benzene rings is 2. The van der Waals surface area contributed by atoms with Crippen molar-refractivity contribution in [3.8, 4) is 0 Å². The molecule has 0 aliphatic carbocycles. The van der Waals surface area contributed by atoms with Gasteiger partial charge in [-0.2, -0.15) is 0 Å². The largest absolute Gasteiger partial charge is 0.453 e. The van der Waals surface area contributed by atoms with Crippen molar-refractivity contribution in [3.05, 3.63) is 59.9 Å². The van der Waals surface area contributed by atoms with Crippen LogP contribution in [-0.2, 0) is 19.1 Å². The molecule has 0 aromatic heterocycles. The van der Waals surface area contributed by atoms with Gasteiger partial charge < -0.3 is 29.9 Å². The zero-order chi connectivity index (χ0) is 27.2. The molecule has 2 aliphatic rings. The highest BCUT2D eigenvalue weighted by Crippen LogP contribution is 2.36. The average Bonchev–Trinajstić information content (AvgIpc) is 3.62. The molecule has 4 rings (SSSR count). The summed E-state index contributed by atoms with van der Waals surface area (Å²) in [6.07, 6.45) is 1.88. The van der Waals surface area contributed by atoms with Gasteiger partial charge in [0, 0.05) is 31.6 Å². The number of amides is 3. The van der Waals surface area contributed by atoms with E-state index in [0.717, 1.165) is 30.6 Å². The first kappa shape index (κ1) is 27.4. The average molecular weight is 527 g/mol. The molecule has 10 heteroatoms. The lowest BCUT2D eigenvalue weighted by molar-refractivity contribution is -0.141. The summed E-state index contributed by atoms with van der Waals surface area (Å²) in [6, 6.07) is 12.8. The molecular weight excluding hydrogens is 491 g/mol. The van der Waals surface area contributed by atoms with Crippen LogP contribution < -0.4 is 15.5 Å². The number of alkyl carbamates (subject to hydrolysis) is 1. The van der Waals surface area contributed by atoms with E-state index in [0.29, 0.717) is 25.1 Å². The number of nitrogens with one attached hydrogen (secondary N) is 2. The van der Waals surface area contributed by atoms with Crippen LogP contribution in [0.4, 0.5) is 20.6 Å². The van der Waals surface area contributed by atoms with Gasteiger partial charge in [0.25, 0.3) is 0 Å². The third-order valence-electron chi connectivity index (χ3n) is 7.38. The van der Waals surface area contributed by atoms with E-state index >= 15 is 0 Å². The Balaban J connectivity index is 1.42. The number of halogens is 1. The van der Waals surface area contributed by atoms with Gasteiger partial charge in [0.1, 0.15) is 17.9 Å². The van der Waals surface area contributed by atoms with Crippen LogP contribution in [0.1, 0.15) is 44.2 Å². The van der Waals surface area contributed by atoms with Gasteiger partial charge in [0.2, 0.25) is 11.8 Å². The highest BCUT2D eigenvalue weighted by Gasteiger charge is 2.40. The molecule has 0 radical (unpaired) electrons. The van der Waals surface area contributed by atoms with Crippen LogP contribution in [0.5, 0.6) is 0 Å². The SMILES string of the molecule is COC(=O)NC(C(=O)N1CCCC1C(=O)Nc1ccc(C2CCCN2c2ccc(F)cc2)cc1)C(C)OC. The Kier molecular flexibility index (Phi) is 8.83. The smallest absolute Gasteiger partial charge is 0.407 e. The standard InChI is InChI=1S/C28H35FN4O5/c1-18(37-2)25(31-28(36)38-3)27(35)33-17-5-7-24(33)26(34)30-21-12-8-19(9-13-21)23-6-4-16-32(23)22-14-10-20(29)11-15-22/h8-15,18,23-25H,4-7,16-17H2,1-3H3,(H,30,34)(H,31,36). The summed E-state index contributed by atoms with van der Waals surface area (Å²) >= 11 is 0. The van der Waals surface area contributed by atoms with E-state index < -0.39 is 24.3 Å². The van der Waals surface area contributed by atoms with Crippen molar-refractivity contribution in [2.24, 2.45) is 0 Å². The van der Waals surface area contributed by atoms with Crippen molar-refractivity contribution >= 4 is 29.3 Å². The van der Waals surface area contributed by atoms with E-state index in [4.69, 9.17) is 4.74 Å². The normalized spacial score (nSPS) is 20.6. The van der Waals surface area contributed by atoms with Crippen LogP contribution in [0.2, 0.25) is 0 Å². The molecule has 38 heavy (non-hydrogen) atoms. The number of nitrogens with zero attached hydrogens (tertiary/aromatic N) is 2. The molecule has 2 saturated heterocycles. The Morgan fingerprint density at radius 3 is 2.32 bits per heavy atom. The van der Waals surface area contributed by atoms with Gasteiger partial charge in [-0.3, -0.25) is 9.59 Å². The summed E-state index contributed by atoms with van der Waals surface area (Å²) in [5.41, 5.74) is 2.74. The monoisotopic (exact) mass is 526 g/mol. The predicted octanol–water partition coefficient (Wildman–Crippen LogP) is 3.86. The first-order chi connectivity index (χ1) is 18.3. The predicted molar refractivity (Wildman–Crippen MR) is 141 cm³/mol. The molecule has 204 valence electrons. The van der Waals surface area contributed by atoms with Crippen LogP contribution in [-0.4, -0.2) is 68.3 Å². The molecule has 0 bridgehead atoms. The number of hydrogen-bond acceptors (Lipinski definition) is 6. The molecule has 3 amide bonds. The van der Waals surface area contributed by atoms with Crippen molar-refractivity contribution < 1.29 is 28.2 Å². The van der Waals surface area contributed by atoms with Crippen molar-refractivity contribution in [2.75, 3.05) is 37.5 Å². The van der Waals surface area contributed by atoms with Crippen molar-refractivity contribution in [3.63, 3.8) is 0 Å². The summed E-state index contributed by atoms with van der Waals surface area (Å²) in [6.45, 7) is 2.98. The van der Waals surface area contributed by atoms with Gasteiger partial charge in [0.15, 0.2) is 0 Å². The minimum atomic E-state index is -0.976. The zero-order valence-electron chi connectivity index (χ0n) is 22.0. The maximum Gasteiger partial charge on any atom is 0.407 e. The molecule has 9 nitrogen and oxygen atoms in total. The molecule has 2 heterocycles. The number of ether oxygens (including phenoxy) is 2. The third-order valence-corrected chi connectivity index (χ3v) is 7.38. The van der Waals surface area contributed by atoms with E-state index in [2.05, 4.69) is 20.3 Å². The molecule has 2 N–H and O–H groups in total. The number of anilines is 2. The van der Waals surface area contributed by atoms with Crippen LogP contribution in [0, 0.1) is 5.82 Å². The van der Waals surface area contributed by atoms with E-state index in [1.54, 1.807) is 19.1 Å². The third kappa shape index (κ3) is 6.07. The summed E-state index contributed by atoms with van der Waals surface area (Å²) in [5, 5.41) is 5.46. The summed E-state index contributed by atoms with van der Waals surface area (Å²) in [5.74, 6) is -0.922. The molecule has 2 aromatic carbocycles. The lowest BCUT2D eigenvalue weighted by atomic mass is 10.0. The molecule has 0 spiro atoms. The molecule has 0 saturated carbocycles. The van der Waals surface area contributed by atoms with E-state index in [1.165, 1.54) is 31.3 Å². The van der Waals surface area contributed by atoms with Crippen molar-refractivity contribution in [1.82, 2.24) is 10.2 Å². The van der Waals surface area contributed by atoms with Crippen LogP contribution in [0.25, 0.3) is 0 Å². The first-order valence-corrected chi connectivity index (χ1v) is 12.9. The maximum atomic E-state index is 13.4. The molecule has 2 fully saturated rings. The highest BCUT2D eigenvalue weighted by molar-refractivity contribution is 5.98. The van der Waals surface area contributed by atoms with Gasteiger partial charge in [-0.25, -0.2) is 9.18 Å². The fourth-order valence-corrected chi connectivity index (χ4v) is 5.25. The second kappa shape index (κ2) is 12.3. The Labute approximate surface area is 222 Å². The number of rotatable bonds is 8. The Hall–Kier alpha value is -3.66. The molecule has 4 unspecified atom stereocenters. The summed E-state index contributed by atoms with van der Waals surface area (Å²) in [7, 11) is 2.67. The minimum absolute atomic E-state index is 0.176. The summed E-state index contributed by atoms with van der Waals surface area (Å²) in [4.78, 5) is 42.1. The number of hydrogen-bond donors (Lipinski definition) is 2. The van der Waals surface area contributed by atoms with Crippen LogP contribution in [0.15, 0.2) is 48.5 Å². The Morgan fingerprint density at radius 1 is 0.974 bits per heavy atom. The van der Waals surface area contributed by atoms with Crippen molar-refractivity contribution in [1.29, 1.82) is 0 Å². The second-order valence-corrected chi connectivity index (χ2v) is 9.68. The molecule has 2 aliphatic heterocycles. The molecule has 4 atom stereocenters. The van der Waals surface area contributed by atoms with E-state index in [1.807, 2.05) is 24.3 Å². The minimum Gasteiger partial charge on any atom is -0.453 e. The fourth-order valence-electron chi connectivity index (χ4n) is 5.25. The highest BCUT2D eigenvalue weighted by atomic mass is 19.1. The molecule has 2 aromatic rings. The van der Waals surface area contributed by atoms with Gasteiger partial charge in [-0.05, 0) is 74.6 Å². The van der Waals surface area contributed by atoms with Crippen molar-refractivity contribution in [2.45, 2.75) is 56.8 Å². The van der Waals surface area contributed by atoms with Gasteiger partial charge in [-0.15, -0.1) is 0 Å². The quantitative estimate of drug-likeness (QED) is 0.542. The van der Waals surface area contributed by atoms with Crippen LogP contribution >= 0.6 is 0 Å². The van der Waals surface area contributed by atoms with Crippen LogP contribution in [0.3, 0.4) is 0 Å². The summed E-state index contributed by atoms with van der Waals surface area (Å²) < 4.78 is 23.3. The number of likely N-dealkylation sites (tertiary alicyclic amines) is 1. The fraction of sp³-hybridized carbons (Fsp3) is 0.464. The van der Waals surface area contributed by atoms with E-state index in [-0.39, 0.29) is 23.7 Å². The topological polar surface area (TPSA) is 100 Å². The number of methoxy groups -OCH3 is 2. The Morgan fingerprint density at radius 2 is 1.66 bits per heavy atom. The number of carbonyl (C=O) groups excluding carboxylic acids is 3. The molecular formula is C28H35FN4O5. The van der Waals surface area contributed by atoms with Gasteiger partial charge in [-0.1, -0.05) is 12.1 Å². The zero-order valence-corrected chi connectivity index (χ0v) is 22.0. The lowest BCUT2D eigenvalue weighted by Crippen LogP contribution is -2.56. The Bertz CT molecular complexity index is 1130. The first-order valence-electron chi connectivity index (χ1n) is 12.9. The van der Waals surface area contributed by atoms with Gasteiger partial charge in [0.05, 0.1) is 19.3 Å². The van der Waals surface area contributed by atoms with Gasteiger partial charge >= 0.3 is 6.09 Å². The van der Waals surface area contributed by atoms with E-state index in [9.17, 15) is 18.8 Å².